The smallest absolute Gasteiger partial charge is 0.262 e. The molecular formula is C22H26N2O5. The number of nitrogens with one attached hydrogen (secondary N) is 1. The largest absolute Gasteiger partial charge is 0.493 e. The molecule has 1 heterocycles. The van der Waals surface area contributed by atoms with E-state index in [1.54, 1.807) is 23.1 Å². The van der Waals surface area contributed by atoms with Crippen LogP contribution in [0.1, 0.15) is 28.8 Å². The average molecular weight is 398 g/mol. The van der Waals surface area contributed by atoms with Gasteiger partial charge in [-0.25, -0.2) is 0 Å². The van der Waals surface area contributed by atoms with Crippen LogP contribution < -0.4 is 19.5 Å². The first kappa shape index (κ1) is 20.5. The molecule has 0 saturated carbocycles. The number of likely N-dealkylation sites (tertiary alicyclic amines) is 1. The first-order valence-electron chi connectivity index (χ1n) is 9.56. The van der Waals surface area contributed by atoms with Crippen LogP contribution in [0.3, 0.4) is 0 Å². The van der Waals surface area contributed by atoms with Crippen molar-refractivity contribution >= 4 is 17.5 Å². The van der Waals surface area contributed by atoms with Gasteiger partial charge in [0.15, 0.2) is 18.1 Å². The zero-order valence-electron chi connectivity index (χ0n) is 17.0. The molecule has 0 aromatic heterocycles. The summed E-state index contributed by atoms with van der Waals surface area (Å²) < 4.78 is 16.2. The maximum Gasteiger partial charge on any atom is 0.262 e. The van der Waals surface area contributed by atoms with Crippen LogP contribution in [-0.4, -0.2) is 50.6 Å². The van der Waals surface area contributed by atoms with Crippen LogP contribution in [0.5, 0.6) is 17.2 Å². The Morgan fingerprint density at radius 1 is 1.03 bits per heavy atom. The van der Waals surface area contributed by atoms with E-state index in [1.807, 2.05) is 25.1 Å². The molecule has 1 N–H and O–H groups in total. The Bertz CT molecular complexity index is 891. The quantitative estimate of drug-likeness (QED) is 0.775. The number of ether oxygens (including phenoxy) is 3. The van der Waals surface area contributed by atoms with Gasteiger partial charge in [-0.2, -0.15) is 0 Å². The molecule has 154 valence electrons. The van der Waals surface area contributed by atoms with Gasteiger partial charge < -0.3 is 24.4 Å². The number of methoxy groups -OCH3 is 2. The molecular weight excluding hydrogens is 372 g/mol. The van der Waals surface area contributed by atoms with E-state index in [4.69, 9.17) is 14.2 Å². The monoisotopic (exact) mass is 398 g/mol. The van der Waals surface area contributed by atoms with E-state index in [9.17, 15) is 9.59 Å². The van der Waals surface area contributed by atoms with Crippen LogP contribution in [0.25, 0.3) is 0 Å². The lowest BCUT2D eigenvalue weighted by Crippen LogP contribution is -2.29. The molecule has 0 atom stereocenters. The van der Waals surface area contributed by atoms with E-state index in [2.05, 4.69) is 5.32 Å². The third-order valence-electron chi connectivity index (χ3n) is 4.78. The van der Waals surface area contributed by atoms with Gasteiger partial charge in [0, 0.05) is 19.2 Å². The highest BCUT2D eigenvalue weighted by atomic mass is 16.5. The molecule has 3 rings (SSSR count). The van der Waals surface area contributed by atoms with Crippen molar-refractivity contribution in [3.8, 4) is 17.2 Å². The second kappa shape index (κ2) is 9.32. The van der Waals surface area contributed by atoms with Crippen LogP contribution >= 0.6 is 0 Å². The second-order valence-electron chi connectivity index (χ2n) is 6.91. The third-order valence-corrected chi connectivity index (χ3v) is 4.78. The topological polar surface area (TPSA) is 77.1 Å². The standard InChI is InChI=1S/C22H26N2O5/c1-15-7-6-8-16(11-15)29-14-21(25)23-18-13-20(28-3)19(27-2)12-17(18)22(26)24-9-4-5-10-24/h6-8,11-13H,4-5,9-10,14H2,1-3H3,(H,23,25). The number of hydrogen-bond donors (Lipinski definition) is 1. The lowest BCUT2D eigenvalue weighted by atomic mass is 10.1. The Kier molecular flexibility index (Phi) is 6.59. The van der Waals surface area contributed by atoms with Crippen LogP contribution in [0, 0.1) is 6.92 Å². The second-order valence-corrected chi connectivity index (χ2v) is 6.91. The van der Waals surface area contributed by atoms with E-state index < -0.39 is 0 Å². The molecule has 7 heteroatoms. The van der Waals surface area contributed by atoms with Gasteiger partial charge in [0.1, 0.15) is 5.75 Å². The number of aryl methyl sites for hydroxylation is 1. The summed E-state index contributed by atoms with van der Waals surface area (Å²) in [7, 11) is 3.02. The Morgan fingerprint density at radius 2 is 1.72 bits per heavy atom. The molecule has 1 fully saturated rings. The SMILES string of the molecule is COc1cc(NC(=O)COc2cccc(C)c2)c(C(=O)N2CCCC2)cc1OC. The van der Waals surface area contributed by atoms with Gasteiger partial charge in [-0.3, -0.25) is 9.59 Å². The van der Waals surface area contributed by atoms with Crippen LogP contribution in [-0.2, 0) is 4.79 Å². The molecule has 0 unspecified atom stereocenters. The first-order valence-corrected chi connectivity index (χ1v) is 9.56. The lowest BCUT2D eigenvalue weighted by Gasteiger charge is -2.20. The van der Waals surface area contributed by atoms with Crippen molar-refractivity contribution in [1.29, 1.82) is 0 Å². The predicted molar refractivity (Wildman–Crippen MR) is 110 cm³/mol. The lowest BCUT2D eigenvalue weighted by molar-refractivity contribution is -0.118. The van der Waals surface area contributed by atoms with Crippen molar-refractivity contribution in [3.05, 3.63) is 47.5 Å². The fraction of sp³-hybridized carbons (Fsp3) is 0.364. The fourth-order valence-electron chi connectivity index (χ4n) is 3.29. The molecule has 2 amide bonds. The molecule has 0 bridgehead atoms. The molecule has 1 saturated heterocycles. The van der Waals surface area contributed by atoms with Crippen molar-refractivity contribution in [2.75, 3.05) is 39.2 Å². The van der Waals surface area contributed by atoms with Crippen molar-refractivity contribution in [3.63, 3.8) is 0 Å². The molecule has 2 aromatic rings. The molecule has 7 nitrogen and oxygen atoms in total. The summed E-state index contributed by atoms with van der Waals surface area (Å²) >= 11 is 0. The predicted octanol–water partition coefficient (Wildman–Crippen LogP) is 3.27. The summed E-state index contributed by atoms with van der Waals surface area (Å²) in [6.45, 7) is 3.19. The number of hydrogen-bond acceptors (Lipinski definition) is 5. The van der Waals surface area contributed by atoms with Gasteiger partial charge in [-0.05, 0) is 43.5 Å². The Labute approximate surface area is 170 Å². The number of nitrogens with zero attached hydrogens (tertiary/aromatic N) is 1. The highest BCUT2D eigenvalue weighted by molar-refractivity contribution is 6.05. The molecule has 29 heavy (non-hydrogen) atoms. The number of rotatable bonds is 7. The zero-order chi connectivity index (χ0) is 20.8. The first-order chi connectivity index (χ1) is 14.0. The van der Waals surface area contributed by atoms with Gasteiger partial charge in [-0.15, -0.1) is 0 Å². The zero-order valence-corrected chi connectivity index (χ0v) is 17.0. The molecule has 2 aromatic carbocycles. The Morgan fingerprint density at radius 3 is 2.38 bits per heavy atom. The van der Waals surface area contributed by atoms with E-state index in [-0.39, 0.29) is 18.4 Å². The summed E-state index contributed by atoms with van der Waals surface area (Å²) in [6.07, 6.45) is 1.95. The summed E-state index contributed by atoms with van der Waals surface area (Å²) in [5, 5.41) is 2.78. The number of benzene rings is 2. The van der Waals surface area contributed by atoms with Crippen molar-refractivity contribution in [2.24, 2.45) is 0 Å². The normalized spacial score (nSPS) is 13.1. The van der Waals surface area contributed by atoms with Crippen LogP contribution in [0.4, 0.5) is 5.69 Å². The maximum atomic E-state index is 13.0. The highest BCUT2D eigenvalue weighted by Crippen LogP contribution is 2.34. The average Bonchev–Trinajstić information content (AvgIpc) is 3.26. The Hall–Kier alpha value is -3.22. The molecule has 0 radical (unpaired) electrons. The van der Waals surface area contributed by atoms with E-state index in [0.717, 1.165) is 18.4 Å². The van der Waals surface area contributed by atoms with Gasteiger partial charge in [-0.1, -0.05) is 12.1 Å². The maximum absolute atomic E-state index is 13.0. The molecule has 1 aliphatic heterocycles. The van der Waals surface area contributed by atoms with Crippen LogP contribution in [0.15, 0.2) is 36.4 Å². The number of carbonyl (C=O) groups is 2. The minimum Gasteiger partial charge on any atom is -0.493 e. The summed E-state index contributed by atoms with van der Waals surface area (Å²) in [5.41, 5.74) is 1.78. The number of anilines is 1. The minimum absolute atomic E-state index is 0.140. The molecule has 0 aliphatic carbocycles. The van der Waals surface area contributed by atoms with Crippen molar-refractivity contribution < 1.29 is 23.8 Å². The van der Waals surface area contributed by atoms with E-state index in [1.165, 1.54) is 14.2 Å². The van der Waals surface area contributed by atoms with Gasteiger partial charge in [0.25, 0.3) is 11.8 Å². The van der Waals surface area contributed by atoms with E-state index >= 15 is 0 Å². The summed E-state index contributed by atoms with van der Waals surface area (Å²) in [5.74, 6) is 0.970. The molecule has 1 aliphatic rings. The van der Waals surface area contributed by atoms with Gasteiger partial charge in [0.2, 0.25) is 0 Å². The van der Waals surface area contributed by atoms with Crippen molar-refractivity contribution in [1.82, 2.24) is 4.90 Å². The fourth-order valence-corrected chi connectivity index (χ4v) is 3.29. The van der Waals surface area contributed by atoms with Crippen LogP contribution in [0.2, 0.25) is 0 Å². The summed E-state index contributed by atoms with van der Waals surface area (Å²) in [4.78, 5) is 27.2. The molecule has 0 spiro atoms. The number of carbonyl (C=O) groups excluding carboxylic acids is 2. The minimum atomic E-state index is -0.366. The number of amides is 2. The Balaban J connectivity index is 1.80. The van der Waals surface area contributed by atoms with Crippen molar-refractivity contribution in [2.45, 2.75) is 19.8 Å². The van der Waals surface area contributed by atoms with E-state index in [0.29, 0.717) is 41.6 Å². The van der Waals surface area contributed by atoms with Gasteiger partial charge in [0.05, 0.1) is 25.5 Å². The van der Waals surface area contributed by atoms with Gasteiger partial charge >= 0.3 is 0 Å². The highest BCUT2D eigenvalue weighted by Gasteiger charge is 2.25. The summed E-state index contributed by atoms with van der Waals surface area (Å²) in [6, 6.07) is 10.7. The third kappa shape index (κ3) is 4.99.